The van der Waals surface area contributed by atoms with Crippen molar-refractivity contribution in [2.45, 2.75) is 13.8 Å². The molecule has 0 saturated carbocycles. The number of halogens is 1. The lowest BCUT2D eigenvalue weighted by atomic mass is 9.93. The molecule has 0 spiro atoms. The molecule has 1 aromatic rings. The van der Waals surface area contributed by atoms with Crippen LogP contribution in [0.25, 0.3) is 0 Å². The van der Waals surface area contributed by atoms with Crippen LogP contribution in [0.15, 0.2) is 12.3 Å². The number of pyridine rings is 1. The van der Waals surface area contributed by atoms with Crippen molar-refractivity contribution < 1.29 is 4.79 Å². The van der Waals surface area contributed by atoms with Gasteiger partial charge in [-0.3, -0.25) is 4.79 Å². The molecule has 1 rings (SSSR count). The highest BCUT2D eigenvalue weighted by Crippen LogP contribution is 2.19. The van der Waals surface area contributed by atoms with Gasteiger partial charge < -0.3 is 15.6 Å². The summed E-state index contributed by atoms with van der Waals surface area (Å²) in [5, 5.41) is 3.21. The number of rotatable bonds is 6. The molecule has 0 aliphatic carbocycles. The summed E-state index contributed by atoms with van der Waals surface area (Å²) < 4.78 is 0. The summed E-state index contributed by atoms with van der Waals surface area (Å²) in [5.74, 6) is 5.38. The van der Waals surface area contributed by atoms with E-state index in [0.717, 1.165) is 6.54 Å². The summed E-state index contributed by atoms with van der Waals surface area (Å²) in [6, 6.07) is 1.54. The van der Waals surface area contributed by atoms with Crippen molar-refractivity contribution in [1.82, 2.24) is 15.2 Å². The quantitative estimate of drug-likeness (QED) is 0.545. The summed E-state index contributed by atoms with van der Waals surface area (Å²) >= 11 is 5.94. The minimum absolute atomic E-state index is 0.0187. The van der Waals surface area contributed by atoms with Crippen LogP contribution in [-0.4, -0.2) is 43.0 Å². The van der Waals surface area contributed by atoms with Crippen LogP contribution >= 0.6 is 11.6 Å². The van der Waals surface area contributed by atoms with E-state index in [2.05, 4.69) is 34.5 Å². The number of anilines is 1. The number of hydrogen-bond acceptors (Lipinski definition) is 5. The molecule has 20 heavy (non-hydrogen) atoms. The summed E-state index contributed by atoms with van der Waals surface area (Å²) in [4.78, 5) is 18.1. The second-order valence-corrected chi connectivity index (χ2v) is 6.19. The van der Waals surface area contributed by atoms with E-state index in [9.17, 15) is 4.79 Å². The fourth-order valence-corrected chi connectivity index (χ4v) is 2.22. The largest absolute Gasteiger partial charge is 0.351 e. The van der Waals surface area contributed by atoms with Gasteiger partial charge in [-0.2, -0.15) is 0 Å². The van der Waals surface area contributed by atoms with Gasteiger partial charge in [0.15, 0.2) is 5.82 Å². The molecule has 0 saturated heterocycles. The third-order valence-electron chi connectivity index (χ3n) is 2.71. The zero-order chi connectivity index (χ0) is 15.3. The van der Waals surface area contributed by atoms with Gasteiger partial charge in [0.25, 0.3) is 5.91 Å². The molecule has 0 aliphatic rings. The molecule has 0 atom stereocenters. The summed E-state index contributed by atoms with van der Waals surface area (Å²) in [7, 11) is 4.01. The highest BCUT2D eigenvalue weighted by atomic mass is 35.5. The highest BCUT2D eigenvalue weighted by Gasteiger charge is 2.20. The molecule has 0 radical (unpaired) electrons. The van der Waals surface area contributed by atoms with Crippen molar-refractivity contribution in [2.24, 2.45) is 11.3 Å². The third kappa shape index (κ3) is 4.96. The van der Waals surface area contributed by atoms with Crippen molar-refractivity contribution in [2.75, 3.05) is 32.6 Å². The Balaban J connectivity index is 2.65. The lowest BCUT2D eigenvalue weighted by molar-refractivity contribution is 0.0929. The van der Waals surface area contributed by atoms with Crippen LogP contribution in [0, 0.1) is 5.41 Å². The topological polar surface area (TPSA) is 83.3 Å². The van der Waals surface area contributed by atoms with Crippen molar-refractivity contribution in [3.05, 3.63) is 22.8 Å². The predicted octanol–water partition coefficient (Wildman–Crippen LogP) is 1.34. The number of carbonyl (C=O) groups is 1. The molecular formula is C13H22ClN5O. The van der Waals surface area contributed by atoms with Gasteiger partial charge in [0, 0.05) is 19.3 Å². The third-order valence-corrected chi connectivity index (χ3v) is 3.00. The van der Waals surface area contributed by atoms with Crippen LogP contribution in [0.1, 0.15) is 24.2 Å². The van der Waals surface area contributed by atoms with Crippen molar-refractivity contribution in [3.63, 3.8) is 0 Å². The Morgan fingerprint density at radius 1 is 1.50 bits per heavy atom. The number of aromatic nitrogens is 1. The standard InChI is InChI=1S/C13H22ClN5O/c1-13(2,8-19(3)4)7-17-12(20)9-5-10(14)11(18-15)16-6-9/h5-6H,7-8,15H2,1-4H3,(H,16,18)(H,17,20). The van der Waals surface area contributed by atoms with E-state index in [0.29, 0.717) is 22.9 Å². The Morgan fingerprint density at radius 3 is 2.65 bits per heavy atom. The molecule has 0 aromatic carbocycles. The monoisotopic (exact) mass is 299 g/mol. The van der Waals surface area contributed by atoms with Gasteiger partial charge in [0.2, 0.25) is 0 Å². The van der Waals surface area contributed by atoms with E-state index in [1.807, 2.05) is 14.1 Å². The molecule has 1 heterocycles. The number of amides is 1. The molecule has 1 aromatic heterocycles. The minimum Gasteiger partial charge on any atom is -0.351 e. The maximum atomic E-state index is 12.1. The number of carbonyl (C=O) groups excluding carboxylic acids is 1. The highest BCUT2D eigenvalue weighted by molar-refractivity contribution is 6.33. The SMILES string of the molecule is CN(C)CC(C)(C)CNC(=O)c1cnc(NN)c(Cl)c1. The molecule has 112 valence electrons. The second-order valence-electron chi connectivity index (χ2n) is 5.78. The first-order valence-electron chi connectivity index (χ1n) is 6.30. The minimum atomic E-state index is -0.199. The van der Waals surface area contributed by atoms with Crippen LogP contribution in [0.5, 0.6) is 0 Å². The van der Waals surface area contributed by atoms with Crippen LogP contribution in [-0.2, 0) is 0 Å². The Bertz CT molecular complexity index is 476. The molecule has 6 nitrogen and oxygen atoms in total. The number of nitrogen functional groups attached to an aromatic ring is 1. The van der Waals surface area contributed by atoms with Gasteiger partial charge in [-0.15, -0.1) is 0 Å². The molecular weight excluding hydrogens is 278 g/mol. The van der Waals surface area contributed by atoms with Gasteiger partial charge >= 0.3 is 0 Å². The fraction of sp³-hybridized carbons (Fsp3) is 0.538. The number of nitrogens with zero attached hydrogens (tertiary/aromatic N) is 2. The lowest BCUT2D eigenvalue weighted by Crippen LogP contribution is -2.40. The molecule has 0 bridgehead atoms. The zero-order valence-corrected chi connectivity index (χ0v) is 13.1. The van der Waals surface area contributed by atoms with E-state index in [1.54, 1.807) is 0 Å². The Labute approximate surface area is 124 Å². The maximum absolute atomic E-state index is 12.1. The van der Waals surface area contributed by atoms with Crippen LogP contribution in [0.4, 0.5) is 5.82 Å². The van der Waals surface area contributed by atoms with Crippen LogP contribution in [0.2, 0.25) is 5.02 Å². The van der Waals surface area contributed by atoms with Gasteiger partial charge in [-0.1, -0.05) is 25.4 Å². The molecule has 0 aliphatic heterocycles. The van der Waals surface area contributed by atoms with Gasteiger partial charge in [0.05, 0.1) is 10.6 Å². The number of nitrogens with two attached hydrogens (primary N) is 1. The van der Waals surface area contributed by atoms with E-state index < -0.39 is 0 Å². The predicted molar refractivity (Wildman–Crippen MR) is 81.7 cm³/mol. The van der Waals surface area contributed by atoms with Crippen LogP contribution < -0.4 is 16.6 Å². The van der Waals surface area contributed by atoms with Gasteiger partial charge in [-0.25, -0.2) is 10.8 Å². The van der Waals surface area contributed by atoms with E-state index in [1.165, 1.54) is 12.3 Å². The Kier molecular flexibility index (Phi) is 5.74. The van der Waals surface area contributed by atoms with E-state index in [4.69, 9.17) is 17.4 Å². The van der Waals surface area contributed by atoms with Crippen LogP contribution in [0.3, 0.4) is 0 Å². The summed E-state index contributed by atoms with van der Waals surface area (Å²) in [6.07, 6.45) is 1.44. The number of hydrogen-bond donors (Lipinski definition) is 3. The lowest BCUT2D eigenvalue weighted by Gasteiger charge is -2.28. The molecule has 0 unspecified atom stereocenters. The maximum Gasteiger partial charge on any atom is 0.252 e. The van der Waals surface area contributed by atoms with Crippen molar-refractivity contribution in [1.29, 1.82) is 0 Å². The second kappa shape index (κ2) is 6.88. The van der Waals surface area contributed by atoms with Gasteiger partial charge in [0.1, 0.15) is 0 Å². The Hall–Kier alpha value is -1.37. The average Bonchev–Trinajstić information content (AvgIpc) is 2.34. The summed E-state index contributed by atoms with van der Waals surface area (Å²) in [5.41, 5.74) is 2.75. The Morgan fingerprint density at radius 2 is 2.15 bits per heavy atom. The first-order chi connectivity index (χ1) is 9.25. The first-order valence-corrected chi connectivity index (χ1v) is 6.68. The van der Waals surface area contributed by atoms with Crippen molar-refractivity contribution >= 4 is 23.3 Å². The van der Waals surface area contributed by atoms with Gasteiger partial charge in [-0.05, 0) is 25.6 Å². The van der Waals surface area contributed by atoms with E-state index in [-0.39, 0.29) is 11.3 Å². The number of nitrogens with one attached hydrogen (secondary N) is 2. The number of hydrazine groups is 1. The molecule has 7 heteroatoms. The summed E-state index contributed by atoms with van der Waals surface area (Å²) in [6.45, 7) is 5.64. The molecule has 4 N–H and O–H groups in total. The first kappa shape index (κ1) is 16.7. The zero-order valence-electron chi connectivity index (χ0n) is 12.3. The smallest absolute Gasteiger partial charge is 0.252 e. The molecule has 1 amide bonds. The fourth-order valence-electron chi connectivity index (χ4n) is 2.00. The average molecular weight is 300 g/mol. The van der Waals surface area contributed by atoms with Crippen molar-refractivity contribution in [3.8, 4) is 0 Å². The molecule has 0 fully saturated rings. The normalized spacial score (nSPS) is 11.6. The van der Waals surface area contributed by atoms with E-state index >= 15 is 0 Å².